The van der Waals surface area contributed by atoms with Gasteiger partial charge >= 0.3 is 5.97 Å². The van der Waals surface area contributed by atoms with E-state index in [9.17, 15) is 29.8 Å². The van der Waals surface area contributed by atoms with Crippen molar-refractivity contribution in [3.05, 3.63) is 78.8 Å². The molecule has 1 amide bonds. The van der Waals surface area contributed by atoms with Crippen LogP contribution in [0.2, 0.25) is 5.02 Å². The van der Waals surface area contributed by atoms with Gasteiger partial charge in [0.15, 0.2) is 0 Å². The monoisotopic (exact) mass is 367 g/mol. The molecule has 0 spiro atoms. The second-order valence-corrected chi connectivity index (χ2v) is 4.87. The average molecular weight is 368 g/mol. The minimum absolute atomic E-state index is 0.434. The zero-order valence-electron chi connectivity index (χ0n) is 12.3. The van der Waals surface area contributed by atoms with Crippen LogP contribution in [-0.4, -0.2) is 26.8 Å². The Kier molecular flexibility index (Phi) is 6.52. The number of halogens is 1. The van der Waals surface area contributed by atoms with Crippen molar-refractivity contribution in [1.82, 2.24) is 0 Å². The van der Waals surface area contributed by atoms with Crippen molar-refractivity contribution in [3.63, 3.8) is 0 Å². The summed E-state index contributed by atoms with van der Waals surface area (Å²) in [4.78, 5) is 39.9. The van der Waals surface area contributed by atoms with Crippen LogP contribution in [0.3, 0.4) is 0 Å². The van der Waals surface area contributed by atoms with Crippen LogP contribution in [0.25, 0.3) is 0 Å². The Bertz CT molecular complexity index is 758. The Balaban J connectivity index is 0.000000271. The van der Waals surface area contributed by atoms with Crippen LogP contribution in [0.5, 0.6) is 0 Å². The molecule has 0 fully saturated rings. The van der Waals surface area contributed by atoms with Gasteiger partial charge < -0.3 is 10.8 Å². The zero-order chi connectivity index (χ0) is 19.1. The first-order valence-corrected chi connectivity index (χ1v) is 6.72. The first-order valence-electron chi connectivity index (χ1n) is 6.34. The minimum Gasteiger partial charge on any atom is -0.478 e. The average Bonchev–Trinajstić information content (AvgIpc) is 2.55. The summed E-state index contributed by atoms with van der Waals surface area (Å²) < 4.78 is 0. The second-order valence-electron chi connectivity index (χ2n) is 4.43. The van der Waals surface area contributed by atoms with Gasteiger partial charge in [-0.05, 0) is 24.3 Å². The number of nitro benzene ring substituents is 2. The number of rotatable bonds is 4. The number of nitro groups is 2. The predicted molar refractivity (Wildman–Crippen MR) is 86.7 cm³/mol. The third kappa shape index (κ3) is 5.88. The van der Waals surface area contributed by atoms with Gasteiger partial charge in [-0.1, -0.05) is 11.6 Å². The maximum atomic E-state index is 10.5. The normalized spacial score (nSPS) is 9.48. The highest BCUT2D eigenvalue weighted by Crippen LogP contribution is 2.22. The second kappa shape index (κ2) is 8.36. The van der Waals surface area contributed by atoms with Gasteiger partial charge in [-0.2, -0.15) is 0 Å². The van der Waals surface area contributed by atoms with Crippen LogP contribution < -0.4 is 5.73 Å². The van der Waals surface area contributed by atoms with Gasteiger partial charge in [0.05, 0.1) is 21.5 Å². The van der Waals surface area contributed by atoms with E-state index in [0.717, 1.165) is 12.1 Å². The molecule has 0 aliphatic carbocycles. The molecule has 0 saturated heterocycles. The third-order valence-corrected chi connectivity index (χ3v) is 2.95. The molecule has 11 heteroatoms. The predicted octanol–water partition coefficient (Wildman–Crippen LogP) is 2.64. The van der Waals surface area contributed by atoms with Gasteiger partial charge in [-0.3, -0.25) is 25.0 Å². The molecule has 130 valence electrons. The van der Waals surface area contributed by atoms with Crippen LogP contribution >= 0.6 is 11.6 Å². The summed E-state index contributed by atoms with van der Waals surface area (Å²) in [5, 5.41) is 29.8. The molecule has 10 nitrogen and oxygen atoms in total. The minimum atomic E-state index is -1.46. The smallest absolute Gasteiger partial charge is 0.336 e. The molecule has 2 aromatic carbocycles. The van der Waals surface area contributed by atoms with E-state index in [1.807, 2.05) is 0 Å². The van der Waals surface area contributed by atoms with Gasteiger partial charge in [-0.25, -0.2) is 4.79 Å². The summed E-state index contributed by atoms with van der Waals surface area (Å²) in [7, 11) is 0. The number of benzene rings is 2. The highest BCUT2D eigenvalue weighted by molar-refractivity contribution is 6.30. The lowest BCUT2D eigenvalue weighted by Gasteiger charge is -1.96. The Labute approximate surface area is 144 Å². The highest BCUT2D eigenvalue weighted by atomic mass is 35.5. The molecular formula is C14H10ClN3O7. The number of primary amides is 1. The van der Waals surface area contributed by atoms with Gasteiger partial charge in [0.25, 0.3) is 11.4 Å². The van der Waals surface area contributed by atoms with Crippen LogP contribution in [0.4, 0.5) is 11.4 Å². The number of hydrogen-bond acceptors (Lipinski definition) is 6. The fourth-order valence-corrected chi connectivity index (χ4v) is 1.67. The Morgan fingerprint density at radius 1 is 0.920 bits per heavy atom. The van der Waals surface area contributed by atoms with Crippen molar-refractivity contribution in [2.75, 3.05) is 0 Å². The lowest BCUT2D eigenvalue weighted by Crippen LogP contribution is -2.10. The molecule has 0 radical (unpaired) electrons. The molecule has 0 unspecified atom stereocenters. The van der Waals surface area contributed by atoms with E-state index in [-0.39, 0.29) is 0 Å². The van der Waals surface area contributed by atoms with E-state index in [0.29, 0.717) is 16.7 Å². The molecule has 0 aromatic heterocycles. The van der Waals surface area contributed by atoms with E-state index in [1.165, 1.54) is 0 Å². The Hall–Kier alpha value is -3.53. The topological polar surface area (TPSA) is 167 Å². The van der Waals surface area contributed by atoms with Gasteiger partial charge in [0, 0.05) is 22.7 Å². The van der Waals surface area contributed by atoms with Crippen molar-refractivity contribution in [3.8, 4) is 0 Å². The van der Waals surface area contributed by atoms with E-state index >= 15 is 0 Å². The van der Waals surface area contributed by atoms with Crippen molar-refractivity contribution >= 4 is 34.9 Å². The Morgan fingerprint density at radius 2 is 1.36 bits per heavy atom. The number of hydrogen-bond donors (Lipinski definition) is 2. The number of carboxylic acid groups (broad SMARTS) is 1. The van der Waals surface area contributed by atoms with Crippen molar-refractivity contribution in [2.45, 2.75) is 0 Å². The number of carbonyl (C=O) groups excluding carboxylic acids is 1. The first-order chi connectivity index (χ1) is 11.6. The standard InChI is InChI=1S/C7H6ClNO.C7H4N2O6/c8-6-3-1-5(2-4-6)7(9)10;10-7(11)4-1-5(8(12)13)3-6(2-4)9(14)15/h1-4H,(H2,9,10);1-3H,(H,10,11). The first kappa shape index (κ1) is 19.5. The number of carboxylic acids is 1. The summed E-state index contributed by atoms with van der Waals surface area (Å²) in [6.45, 7) is 0. The number of nitrogens with zero attached hydrogens (tertiary/aromatic N) is 2. The maximum absolute atomic E-state index is 10.5. The van der Waals surface area contributed by atoms with Crippen molar-refractivity contribution in [1.29, 1.82) is 0 Å². The van der Waals surface area contributed by atoms with Crippen molar-refractivity contribution in [2.24, 2.45) is 5.73 Å². The molecule has 2 aromatic rings. The SMILES string of the molecule is NC(=O)c1ccc(Cl)cc1.O=C(O)c1cc([N+](=O)[O-])cc([N+](=O)[O-])c1. The van der Waals surface area contributed by atoms with E-state index in [1.54, 1.807) is 24.3 Å². The largest absolute Gasteiger partial charge is 0.478 e. The van der Waals surface area contributed by atoms with Gasteiger partial charge in [0.1, 0.15) is 0 Å². The number of amides is 1. The van der Waals surface area contributed by atoms with Crippen molar-refractivity contribution < 1.29 is 24.5 Å². The number of carbonyl (C=O) groups is 2. The molecule has 25 heavy (non-hydrogen) atoms. The summed E-state index contributed by atoms with van der Waals surface area (Å²) in [5.74, 6) is -1.89. The zero-order valence-corrected chi connectivity index (χ0v) is 13.0. The highest BCUT2D eigenvalue weighted by Gasteiger charge is 2.19. The van der Waals surface area contributed by atoms with Gasteiger partial charge in [0.2, 0.25) is 5.91 Å². The molecule has 0 bridgehead atoms. The fourth-order valence-electron chi connectivity index (χ4n) is 1.54. The number of non-ortho nitro benzene ring substituents is 2. The number of aromatic carboxylic acids is 1. The quantitative estimate of drug-likeness (QED) is 0.618. The molecule has 2 rings (SSSR count). The van der Waals surface area contributed by atoms with Crippen LogP contribution in [0.15, 0.2) is 42.5 Å². The molecule has 0 atom stereocenters. The third-order valence-electron chi connectivity index (χ3n) is 2.70. The molecule has 0 heterocycles. The van der Waals surface area contributed by atoms with Crippen LogP contribution in [-0.2, 0) is 0 Å². The lowest BCUT2D eigenvalue weighted by molar-refractivity contribution is -0.394. The van der Waals surface area contributed by atoms with E-state index < -0.39 is 38.7 Å². The maximum Gasteiger partial charge on any atom is 0.336 e. The molecule has 0 aliphatic heterocycles. The molecule has 0 aliphatic rings. The summed E-state index contributed by atoms with van der Waals surface area (Å²) in [6.07, 6.45) is 0. The fraction of sp³-hybridized carbons (Fsp3) is 0. The summed E-state index contributed by atoms with van der Waals surface area (Å²) >= 11 is 5.56. The van der Waals surface area contributed by atoms with E-state index in [2.05, 4.69) is 0 Å². The Morgan fingerprint density at radius 3 is 1.68 bits per heavy atom. The van der Waals surface area contributed by atoms with Gasteiger partial charge in [-0.15, -0.1) is 0 Å². The lowest BCUT2D eigenvalue weighted by atomic mass is 10.2. The number of nitrogens with two attached hydrogens (primary N) is 1. The molecule has 3 N–H and O–H groups in total. The summed E-state index contributed by atoms with van der Waals surface area (Å²) in [6, 6.07) is 8.65. The van der Waals surface area contributed by atoms with Crippen LogP contribution in [0, 0.1) is 20.2 Å². The van der Waals surface area contributed by atoms with E-state index in [4.69, 9.17) is 22.4 Å². The molecular weight excluding hydrogens is 358 g/mol. The molecule has 0 saturated carbocycles. The summed E-state index contributed by atoms with van der Waals surface area (Å²) in [5.41, 5.74) is 3.72. The van der Waals surface area contributed by atoms with Crippen LogP contribution in [0.1, 0.15) is 20.7 Å².